The topological polar surface area (TPSA) is 50.1 Å². The molecular weight excluding hydrogens is 250 g/mol. The van der Waals surface area contributed by atoms with Crippen molar-refractivity contribution >= 4 is 0 Å². The Kier molecular flexibility index (Phi) is 4.41. The molecule has 4 heteroatoms. The summed E-state index contributed by atoms with van der Waals surface area (Å²) in [7, 11) is 0. The van der Waals surface area contributed by atoms with E-state index in [0.29, 0.717) is 12.6 Å². The van der Waals surface area contributed by atoms with Crippen LogP contribution >= 0.6 is 0 Å². The van der Waals surface area contributed by atoms with E-state index >= 15 is 0 Å². The van der Waals surface area contributed by atoms with Gasteiger partial charge in [-0.1, -0.05) is 25.7 Å². The number of aliphatic hydroxyl groups is 1. The molecule has 2 N–H and O–H groups in total. The lowest BCUT2D eigenvalue weighted by Crippen LogP contribution is -2.34. The smallest absolute Gasteiger partial charge is 0.0762 e. The minimum Gasteiger partial charge on any atom is -0.396 e. The maximum absolute atomic E-state index is 9.60. The van der Waals surface area contributed by atoms with Crippen LogP contribution in [0.2, 0.25) is 0 Å². The number of aromatic nitrogens is 2. The second-order valence-corrected chi connectivity index (χ2v) is 6.69. The lowest BCUT2D eigenvalue weighted by atomic mass is 9.87. The van der Waals surface area contributed by atoms with Crippen molar-refractivity contribution in [3.8, 4) is 0 Å². The SMILES string of the molecule is OCC1(CNCc2ccn(C3CCCC3)n2)CCCC1. The summed E-state index contributed by atoms with van der Waals surface area (Å²) >= 11 is 0. The van der Waals surface area contributed by atoms with Crippen LogP contribution in [0.1, 0.15) is 63.1 Å². The predicted molar refractivity (Wildman–Crippen MR) is 79.4 cm³/mol. The first kappa shape index (κ1) is 14.1. The minimum atomic E-state index is 0.133. The highest BCUT2D eigenvalue weighted by molar-refractivity contribution is 5.00. The van der Waals surface area contributed by atoms with Crippen LogP contribution in [-0.2, 0) is 6.54 Å². The quantitative estimate of drug-likeness (QED) is 0.840. The third-order valence-electron chi connectivity index (χ3n) is 5.17. The fourth-order valence-electron chi connectivity index (χ4n) is 3.82. The molecule has 20 heavy (non-hydrogen) atoms. The van der Waals surface area contributed by atoms with Gasteiger partial charge in [-0.2, -0.15) is 5.10 Å². The first-order valence-electron chi connectivity index (χ1n) is 8.17. The Morgan fingerprint density at radius 1 is 1.25 bits per heavy atom. The van der Waals surface area contributed by atoms with Gasteiger partial charge in [-0.15, -0.1) is 0 Å². The second kappa shape index (κ2) is 6.27. The zero-order valence-corrected chi connectivity index (χ0v) is 12.4. The van der Waals surface area contributed by atoms with E-state index in [2.05, 4.69) is 22.3 Å². The summed E-state index contributed by atoms with van der Waals surface area (Å²) in [6.45, 7) is 2.05. The van der Waals surface area contributed by atoms with E-state index in [9.17, 15) is 5.11 Å². The molecule has 0 bridgehead atoms. The fourth-order valence-corrected chi connectivity index (χ4v) is 3.82. The molecule has 112 valence electrons. The van der Waals surface area contributed by atoms with Crippen LogP contribution in [0.15, 0.2) is 12.3 Å². The Balaban J connectivity index is 1.48. The van der Waals surface area contributed by atoms with Gasteiger partial charge in [0.25, 0.3) is 0 Å². The van der Waals surface area contributed by atoms with E-state index in [4.69, 9.17) is 5.10 Å². The molecule has 1 aromatic heterocycles. The highest BCUT2D eigenvalue weighted by Crippen LogP contribution is 2.36. The number of nitrogens with zero attached hydrogens (tertiary/aromatic N) is 2. The Morgan fingerprint density at radius 2 is 2.00 bits per heavy atom. The number of rotatable bonds is 6. The van der Waals surface area contributed by atoms with Gasteiger partial charge in [-0.3, -0.25) is 4.68 Å². The van der Waals surface area contributed by atoms with Gasteiger partial charge >= 0.3 is 0 Å². The Bertz CT molecular complexity index is 417. The number of hydrogen-bond acceptors (Lipinski definition) is 3. The Labute approximate surface area is 121 Å². The molecule has 0 atom stereocenters. The van der Waals surface area contributed by atoms with E-state index in [1.807, 2.05) is 0 Å². The third-order valence-corrected chi connectivity index (χ3v) is 5.17. The van der Waals surface area contributed by atoms with Crippen molar-refractivity contribution in [3.63, 3.8) is 0 Å². The molecular formula is C16H27N3O. The molecule has 2 saturated carbocycles. The van der Waals surface area contributed by atoms with Crippen LogP contribution in [0.25, 0.3) is 0 Å². The molecule has 1 heterocycles. The van der Waals surface area contributed by atoms with Gasteiger partial charge in [-0.05, 0) is 31.7 Å². The monoisotopic (exact) mass is 277 g/mol. The van der Waals surface area contributed by atoms with E-state index in [1.165, 1.54) is 38.5 Å². The summed E-state index contributed by atoms with van der Waals surface area (Å²) in [6, 6.07) is 2.76. The molecule has 0 saturated heterocycles. The summed E-state index contributed by atoms with van der Waals surface area (Å²) in [6.07, 6.45) is 12.2. The Hall–Kier alpha value is -0.870. The maximum Gasteiger partial charge on any atom is 0.0762 e. The van der Waals surface area contributed by atoms with Gasteiger partial charge in [0, 0.05) is 31.3 Å². The minimum absolute atomic E-state index is 0.133. The fraction of sp³-hybridized carbons (Fsp3) is 0.812. The molecule has 0 aromatic carbocycles. The van der Waals surface area contributed by atoms with E-state index < -0.39 is 0 Å². The van der Waals surface area contributed by atoms with Gasteiger partial charge in [0.1, 0.15) is 0 Å². The van der Waals surface area contributed by atoms with Crippen molar-refractivity contribution in [1.82, 2.24) is 15.1 Å². The predicted octanol–water partition coefficient (Wildman–Crippen LogP) is 2.64. The summed E-state index contributed by atoms with van der Waals surface area (Å²) in [5.74, 6) is 0. The summed E-state index contributed by atoms with van der Waals surface area (Å²) in [4.78, 5) is 0. The van der Waals surface area contributed by atoms with Gasteiger partial charge in [0.2, 0.25) is 0 Å². The normalized spacial score (nSPS) is 22.6. The van der Waals surface area contributed by atoms with Crippen molar-refractivity contribution < 1.29 is 5.11 Å². The molecule has 2 aliphatic carbocycles. The zero-order chi connectivity index (χ0) is 13.8. The van der Waals surface area contributed by atoms with Crippen molar-refractivity contribution in [3.05, 3.63) is 18.0 Å². The lowest BCUT2D eigenvalue weighted by molar-refractivity contribution is 0.128. The molecule has 0 aliphatic heterocycles. The first-order chi connectivity index (χ1) is 9.81. The molecule has 3 rings (SSSR count). The number of hydrogen-bond donors (Lipinski definition) is 2. The lowest BCUT2D eigenvalue weighted by Gasteiger charge is -2.26. The van der Waals surface area contributed by atoms with Crippen molar-refractivity contribution in [2.24, 2.45) is 5.41 Å². The van der Waals surface area contributed by atoms with Crippen molar-refractivity contribution in [2.75, 3.05) is 13.2 Å². The van der Waals surface area contributed by atoms with Crippen molar-refractivity contribution in [2.45, 2.75) is 64.0 Å². The average Bonchev–Trinajstić information content (AvgIpc) is 3.21. The highest BCUT2D eigenvalue weighted by Gasteiger charge is 2.32. The van der Waals surface area contributed by atoms with Crippen LogP contribution in [0.4, 0.5) is 0 Å². The molecule has 0 amide bonds. The van der Waals surface area contributed by atoms with Crippen LogP contribution < -0.4 is 5.32 Å². The molecule has 1 aromatic rings. The van der Waals surface area contributed by atoms with Crippen LogP contribution in [0, 0.1) is 5.41 Å². The second-order valence-electron chi connectivity index (χ2n) is 6.69. The first-order valence-corrected chi connectivity index (χ1v) is 8.17. The molecule has 2 fully saturated rings. The molecule has 0 unspecified atom stereocenters. The van der Waals surface area contributed by atoms with E-state index in [1.54, 1.807) is 0 Å². The highest BCUT2D eigenvalue weighted by atomic mass is 16.3. The van der Waals surface area contributed by atoms with Gasteiger partial charge in [0.05, 0.1) is 11.7 Å². The molecule has 2 aliphatic rings. The standard InChI is InChI=1S/C16H27N3O/c20-13-16(8-3-4-9-16)12-17-11-14-7-10-19(18-14)15-5-1-2-6-15/h7,10,15,17,20H,1-6,8-9,11-13H2. The maximum atomic E-state index is 9.60. The summed E-state index contributed by atoms with van der Waals surface area (Å²) in [5.41, 5.74) is 1.26. The molecule has 4 nitrogen and oxygen atoms in total. The van der Waals surface area contributed by atoms with Gasteiger partial charge in [-0.25, -0.2) is 0 Å². The molecule has 0 radical (unpaired) electrons. The van der Waals surface area contributed by atoms with Gasteiger partial charge in [0.15, 0.2) is 0 Å². The van der Waals surface area contributed by atoms with E-state index in [0.717, 1.165) is 31.6 Å². The average molecular weight is 277 g/mol. The summed E-state index contributed by atoms with van der Waals surface area (Å²) < 4.78 is 2.15. The van der Waals surface area contributed by atoms with Crippen LogP contribution in [-0.4, -0.2) is 28.0 Å². The number of aliphatic hydroxyl groups excluding tert-OH is 1. The van der Waals surface area contributed by atoms with Gasteiger partial charge < -0.3 is 10.4 Å². The molecule has 0 spiro atoms. The Morgan fingerprint density at radius 3 is 2.70 bits per heavy atom. The zero-order valence-electron chi connectivity index (χ0n) is 12.4. The summed E-state index contributed by atoms with van der Waals surface area (Å²) in [5, 5.41) is 17.8. The van der Waals surface area contributed by atoms with Crippen LogP contribution in [0.3, 0.4) is 0 Å². The van der Waals surface area contributed by atoms with E-state index in [-0.39, 0.29) is 5.41 Å². The van der Waals surface area contributed by atoms with Crippen LogP contribution in [0.5, 0.6) is 0 Å². The largest absolute Gasteiger partial charge is 0.396 e. The number of nitrogens with one attached hydrogen (secondary N) is 1. The third kappa shape index (κ3) is 3.07. The van der Waals surface area contributed by atoms with Crippen molar-refractivity contribution in [1.29, 1.82) is 0 Å².